The molecule has 0 saturated carbocycles. The second kappa shape index (κ2) is 9.55. The second-order valence-electron chi connectivity index (χ2n) is 7.93. The number of ether oxygens (including phenoxy) is 2. The topological polar surface area (TPSA) is 65.4 Å². The van der Waals surface area contributed by atoms with E-state index in [-0.39, 0.29) is 12.5 Å². The van der Waals surface area contributed by atoms with Gasteiger partial charge in [-0.1, -0.05) is 29.8 Å². The molecule has 1 aromatic heterocycles. The fourth-order valence-corrected chi connectivity index (χ4v) is 4.01. The molecule has 0 fully saturated rings. The molecular formula is C26H26ClN3O3. The number of hydrogen-bond acceptors (Lipinski definition) is 4. The van der Waals surface area contributed by atoms with Gasteiger partial charge in [-0.05, 0) is 60.9 Å². The first kappa shape index (κ1) is 22.7. The van der Waals surface area contributed by atoms with Crippen molar-refractivity contribution in [2.24, 2.45) is 0 Å². The van der Waals surface area contributed by atoms with Crippen LogP contribution in [0.25, 0.3) is 11.0 Å². The van der Waals surface area contributed by atoms with Gasteiger partial charge < -0.3 is 19.4 Å². The Balaban J connectivity index is 1.67. The third-order valence-electron chi connectivity index (χ3n) is 5.72. The molecule has 0 aliphatic rings. The minimum Gasteiger partial charge on any atom is -0.493 e. The number of imidazole rings is 1. The van der Waals surface area contributed by atoms with E-state index in [4.69, 9.17) is 26.1 Å². The molecule has 4 aromatic rings. The first-order valence-electron chi connectivity index (χ1n) is 10.6. The van der Waals surface area contributed by atoms with Gasteiger partial charge in [0.05, 0.1) is 25.3 Å². The quantitative estimate of drug-likeness (QED) is 0.390. The number of aryl methyl sites for hydroxylation is 2. The summed E-state index contributed by atoms with van der Waals surface area (Å²) in [5.41, 5.74) is 5.67. The molecule has 0 saturated heterocycles. The van der Waals surface area contributed by atoms with Gasteiger partial charge in [-0.15, -0.1) is 0 Å². The monoisotopic (exact) mass is 463 g/mol. The number of carbonyl (C=O) groups excluding carboxylic acids is 1. The molecule has 0 aliphatic carbocycles. The fraction of sp³-hybridized carbons (Fsp3) is 0.231. The zero-order valence-corrected chi connectivity index (χ0v) is 19.9. The maximum atomic E-state index is 13.0. The van der Waals surface area contributed by atoms with Crippen LogP contribution in [0.15, 0.2) is 54.6 Å². The zero-order chi connectivity index (χ0) is 23.5. The highest BCUT2D eigenvalue weighted by atomic mass is 35.5. The van der Waals surface area contributed by atoms with Gasteiger partial charge in [0.15, 0.2) is 11.5 Å². The van der Waals surface area contributed by atoms with Gasteiger partial charge in [-0.2, -0.15) is 0 Å². The van der Waals surface area contributed by atoms with Crippen molar-refractivity contribution < 1.29 is 14.3 Å². The summed E-state index contributed by atoms with van der Waals surface area (Å²) in [7, 11) is 3.14. The summed E-state index contributed by atoms with van der Waals surface area (Å²) < 4.78 is 12.6. The SMILES string of the molecule is COc1ccc(NC(=O)Cn2c(Cc3ccccc3Cl)nc3cc(C)c(C)cc32)cc1OC. The standard InChI is InChI=1S/C26H26ClN3O3/c1-16-11-21-22(12-17(16)2)30(25(29-21)13-18-7-5-6-8-20(18)27)15-26(31)28-19-9-10-23(32-3)24(14-19)33-4/h5-12,14H,13,15H2,1-4H3,(H,28,31). The number of rotatable bonds is 7. The van der Waals surface area contributed by atoms with Gasteiger partial charge in [0.2, 0.25) is 5.91 Å². The summed E-state index contributed by atoms with van der Waals surface area (Å²) in [6.07, 6.45) is 0.524. The van der Waals surface area contributed by atoms with Crippen molar-refractivity contribution in [3.05, 3.63) is 82.1 Å². The molecule has 7 heteroatoms. The molecule has 0 atom stereocenters. The van der Waals surface area contributed by atoms with Crippen LogP contribution in [0.3, 0.4) is 0 Å². The molecule has 0 spiro atoms. The van der Waals surface area contributed by atoms with E-state index in [0.29, 0.717) is 28.6 Å². The van der Waals surface area contributed by atoms with E-state index < -0.39 is 0 Å². The number of nitrogens with zero attached hydrogens (tertiary/aromatic N) is 2. The number of amides is 1. The molecule has 0 radical (unpaired) electrons. The van der Waals surface area contributed by atoms with Crippen molar-refractivity contribution in [3.63, 3.8) is 0 Å². The summed E-state index contributed by atoms with van der Waals surface area (Å²) >= 11 is 6.40. The lowest BCUT2D eigenvalue weighted by molar-refractivity contribution is -0.116. The Morgan fingerprint density at radius 3 is 2.45 bits per heavy atom. The van der Waals surface area contributed by atoms with Crippen molar-refractivity contribution >= 4 is 34.2 Å². The average Bonchev–Trinajstić information content (AvgIpc) is 3.11. The number of hydrogen-bond donors (Lipinski definition) is 1. The lowest BCUT2D eigenvalue weighted by atomic mass is 10.1. The number of benzene rings is 3. The van der Waals surface area contributed by atoms with Crippen LogP contribution in [0.5, 0.6) is 11.5 Å². The van der Waals surface area contributed by atoms with Gasteiger partial charge in [-0.25, -0.2) is 4.98 Å². The van der Waals surface area contributed by atoms with Gasteiger partial charge >= 0.3 is 0 Å². The average molecular weight is 464 g/mol. The Kier molecular flexibility index (Phi) is 6.56. The van der Waals surface area contributed by atoms with Crippen LogP contribution < -0.4 is 14.8 Å². The third-order valence-corrected chi connectivity index (χ3v) is 6.09. The highest BCUT2D eigenvalue weighted by Gasteiger charge is 2.17. The Morgan fingerprint density at radius 1 is 1.00 bits per heavy atom. The fourth-order valence-electron chi connectivity index (χ4n) is 3.81. The number of halogens is 1. The van der Waals surface area contributed by atoms with Crippen LogP contribution in [0, 0.1) is 13.8 Å². The molecule has 33 heavy (non-hydrogen) atoms. The predicted octanol–water partition coefficient (Wildman–Crippen LogP) is 5.55. The number of nitrogens with one attached hydrogen (secondary N) is 1. The van der Waals surface area contributed by atoms with Crippen LogP contribution in [-0.2, 0) is 17.8 Å². The molecule has 170 valence electrons. The van der Waals surface area contributed by atoms with Crippen molar-refractivity contribution in [2.75, 3.05) is 19.5 Å². The molecule has 1 heterocycles. The van der Waals surface area contributed by atoms with Crippen LogP contribution in [-0.4, -0.2) is 29.7 Å². The lowest BCUT2D eigenvalue weighted by Crippen LogP contribution is -2.20. The minimum absolute atomic E-state index is 0.118. The summed E-state index contributed by atoms with van der Waals surface area (Å²) in [5.74, 6) is 1.77. The van der Waals surface area contributed by atoms with Crippen LogP contribution in [0.2, 0.25) is 5.02 Å². The van der Waals surface area contributed by atoms with Crippen molar-refractivity contribution in [1.82, 2.24) is 9.55 Å². The first-order valence-corrected chi connectivity index (χ1v) is 11.0. The highest BCUT2D eigenvalue weighted by molar-refractivity contribution is 6.31. The Labute approximate surface area is 198 Å². The molecule has 0 bridgehead atoms. The maximum Gasteiger partial charge on any atom is 0.244 e. The molecule has 0 unspecified atom stereocenters. The van der Waals surface area contributed by atoms with E-state index in [1.54, 1.807) is 32.4 Å². The van der Waals surface area contributed by atoms with E-state index in [0.717, 1.165) is 33.5 Å². The van der Waals surface area contributed by atoms with Crippen LogP contribution >= 0.6 is 11.6 Å². The van der Waals surface area contributed by atoms with Crippen molar-refractivity contribution in [2.45, 2.75) is 26.8 Å². The van der Waals surface area contributed by atoms with Gasteiger partial charge in [-0.3, -0.25) is 4.79 Å². The Hall–Kier alpha value is -3.51. The summed E-state index contributed by atoms with van der Waals surface area (Å²) in [4.78, 5) is 17.9. The molecule has 0 aliphatic heterocycles. The van der Waals surface area contributed by atoms with Gasteiger partial charge in [0.25, 0.3) is 0 Å². The number of methoxy groups -OCH3 is 2. The summed E-state index contributed by atoms with van der Waals surface area (Å²) in [6.45, 7) is 4.24. The van der Waals surface area contributed by atoms with Crippen LogP contribution in [0.1, 0.15) is 22.5 Å². The van der Waals surface area contributed by atoms with Crippen LogP contribution in [0.4, 0.5) is 5.69 Å². The molecule has 1 amide bonds. The highest BCUT2D eigenvalue weighted by Crippen LogP contribution is 2.30. The summed E-state index contributed by atoms with van der Waals surface area (Å²) in [5, 5.41) is 3.63. The van der Waals surface area contributed by atoms with E-state index in [9.17, 15) is 4.79 Å². The lowest BCUT2D eigenvalue weighted by Gasteiger charge is -2.13. The number of carbonyl (C=O) groups is 1. The Morgan fingerprint density at radius 2 is 1.73 bits per heavy atom. The molecule has 1 N–H and O–H groups in total. The van der Waals surface area contributed by atoms with E-state index in [2.05, 4.69) is 31.3 Å². The largest absolute Gasteiger partial charge is 0.493 e. The number of anilines is 1. The molecule has 4 rings (SSSR count). The molecular weight excluding hydrogens is 438 g/mol. The van der Waals surface area contributed by atoms with Gasteiger partial charge in [0.1, 0.15) is 12.4 Å². The minimum atomic E-state index is -0.167. The maximum absolute atomic E-state index is 13.0. The molecule has 3 aromatic carbocycles. The zero-order valence-electron chi connectivity index (χ0n) is 19.1. The van der Waals surface area contributed by atoms with Crippen molar-refractivity contribution in [1.29, 1.82) is 0 Å². The number of aromatic nitrogens is 2. The molecule has 6 nitrogen and oxygen atoms in total. The third kappa shape index (κ3) is 4.81. The first-order chi connectivity index (χ1) is 15.9. The van der Waals surface area contributed by atoms with E-state index >= 15 is 0 Å². The normalized spacial score (nSPS) is 10.9. The summed E-state index contributed by atoms with van der Waals surface area (Å²) in [6, 6.07) is 17.1. The Bertz CT molecular complexity index is 1330. The van der Waals surface area contributed by atoms with E-state index in [1.165, 1.54) is 0 Å². The van der Waals surface area contributed by atoms with Gasteiger partial charge in [0, 0.05) is 23.2 Å². The van der Waals surface area contributed by atoms with E-state index in [1.807, 2.05) is 28.8 Å². The van der Waals surface area contributed by atoms with Crippen molar-refractivity contribution in [3.8, 4) is 11.5 Å². The second-order valence-corrected chi connectivity index (χ2v) is 8.33. The smallest absolute Gasteiger partial charge is 0.244 e. The number of fused-ring (bicyclic) bond motifs is 1. The predicted molar refractivity (Wildman–Crippen MR) is 132 cm³/mol.